The molecule has 2 N–H and O–H groups in total. The maximum Gasteiger partial charge on any atom is 0.259 e. The second kappa shape index (κ2) is 11.1. The van der Waals surface area contributed by atoms with Gasteiger partial charge in [0.25, 0.3) is 17.7 Å². The molecule has 1 fully saturated rings. The van der Waals surface area contributed by atoms with Crippen LogP contribution in [0.2, 0.25) is 0 Å². The Labute approximate surface area is 223 Å². The molecule has 0 radical (unpaired) electrons. The van der Waals surface area contributed by atoms with E-state index in [9.17, 15) is 23.2 Å². The number of rotatable bonds is 1. The summed E-state index contributed by atoms with van der Waals surface area (Å²) in [5.74, 6) is -2.53. The quantitative estimate of drug-likeness (QED) is 0.498. The third kappa shape index (κ3) is 5.84. The van der Waals surface area contributed by atoms with Gasteiger partial charge in [-0.3, -0.25) is 14.4 Å². The molecular formula is C29H27F2N3O5. The molecule has 3 aromatic carbocycles. The van der Waals surface area contributed by atoms with Crippen LogP contribution < -0.4 is 20.1 Å². The molecular weight excluding hydrogens is 508 g/mol. The zero-order valence-corrected chi connectivity index (χ0v) is 21.2. The molecule has 3 aromatic rings. The molecule has 202 valence electrons. The van der Waals surface area contributed by atoms with Crippen LogP contribution in [0.3, 0.4) is 0 Å². The first-order valence-corrected chi connectivity index (χ1v) is 12.6. The largest absolute Gasteiger partial charge is 0.488 e. The van der Waals surface area contributed by atoms with Crippen LogP contribution in [0.15, 0.2) is 60.7 Å². The molecule has 0 spiro atoms. The first-order chi connectivity index (χ1) is 18.8. The molecule has 0 unspecified atom stereocenters. The van der Waals surface area contributed by atoms with Crippen molar-refractivity contribution in [3.05, 3.63) is 94.6 Å². The van der Waals surface area contributed by atoms with Gasteiger partial charge in [-0.1, -0.05) is 24.3 Å². The highest BCUT2D eigenvalue weighted by atomic mass is 19.1. The van der Waals surface area contributed by atoms with Gasteiger partial charge < -0.3 is 25.0 Å². The summed E-state index contributed by atoms with van der Waals surface area (Å²) in [6, 6.07) is 14.6. The summed E-state index contributed by atoms with van der Waals surface area (Å²) < 4.78 is 40.6. The standard InChI is InChI=1S/C29H27F2N3O5/c1-17-5-8-19-13-25(17)38-16-26(35)32-14-18-6-9-20(10-7-18)39-24-11-12-34(15-23(24)33-28(19)36)29(37)27-21(30)3-2-4-22(27)31/h2-10,13,23-24H,11-12,14-16H2,1H3,(H,32,35)(H,33,36)/t23-,24-/m0/s1. The minimum atomic E-state index is -0.948. The fraction of sp³-hybridized carbons (Fsp3) is 0.276. The molecule has 4 bridgehead atoms. The van der Waals surface area contributed by atoms with Crippen molar-refractivity contribution in [2.24, 2.45) is 0 Å². The van der Waals surface area contributed by atoms with Crippen molar-refractivity contribution in [1.82, 2.24) is 15.5 Å². The maximum absolute atomic E-state index is 14.4. The van der Waals surface area contributed by atoms with Gasteiger partial charge in [0.2, 0.25) is 0 Å². The number of halogens is 2. The Kier molecular flexibility index (Phi) is 7.44. The van der Waals surface area contributed by atoms with Crippen LogP contribution in [0.5, 0.6) is 11.5 Å². The summed E-state index contributed by atoms with van der Waals surface area (Å²) in [6.45, 7) is 2.04. The second-order valence-electron chi connectivity index (χ2n) is 9.56. The Bertz CT molecular complexity index is 1390. The van der Waals surface area contributed by atoms with E-state index in [1.165, 1.54) is 11.0 Å². The van der Waals surface area contributed by atoms with E-state index in [1.807, 2.05) is 12.1 Å². The lowest BCUT2D eigenvalue weighted by molar-refractivity contribution is -0.123. The topological polar surface area (TPSA) is 97.0 Å². The molecule has 3 amide bonds. The fourth-order valence-electron chi connectivity index (χ4n) is 4.66. The van der Waals surface area contributed by atoms with Gasteiger partial charge >= 0.3 is 0 Å². The first-order valence-electron chi connectivity index (χ1n) is 12.6. The molecule has 8 nitrogen and oxygen atoms in total. The predicted molar refractivity (Wildman–Crippen MR) is 138 cm³/mol. The third-order valence-corrected chi connectivity index (χ3v) is 6.84. The summed E-state index contributed by atoms with van der Waals surface area (Å²) in [4.78, 5) is 40.0. The van der Waals surface area contributed by atoms with E-state index in [2.05, 4.69) is 10.6 Å². The molecule has 10 heteroatoms. The Morgan fingerprint density at radius 1 is 1.03 bits per heavy atom. The van der Waals surface area contributed by atoms with Crippen molar-refractivity contribution in [3.63, 3.8) is 0 Å². The maximum atomic E-state index is 14.4. The van der Waals surface area contributed by atoms with Crippen LogP contribution in [-0.4, -0.2) is 54.5 Å². The van der Waals surface area contributed by atoms with E-state index in [4.69, 9.17) is 9.47 Å². The Morgan fingerprint density at radius 2 is 1.77 bits per heavy atom. The second-order valence-corrected chi connectivity index (χ2v) is 9.56. The van der Waals surface area contributed by atoms with E-state index in [0.29, 0.717) is 24.5 Å². The number of ether oxygens (including phenoxy) is 2. The summed E-state index contributed by atoms with van der Waals surface area (Å²) in [7, 11) is 0. The van der Waals surface area contributed by atoms with Crippen LogP contribution in [0, 0.1) is 18.6 Å². The fourth-order valence-corrected chi connectivity index (χ4v) is 4.66. The summed E-state index contributed by atoms with van der Waals surface area (Å²) >= 11 is 0. The summed E-state index contributed by atoms with van der Waals surface area (Å²) in [5.41, 5.74) is 1.25. The molecule has 1 saturated heterocycles. The lowest BCUT2D eigenvalue weighted by Crippen LogP contribution is -2.58. The molecule has 3 aliphatic heterocycles. The zero-order chi connectivity index (χ0) is 27.5. The zero-order valence-electron chi connectivity index (χ0n) is 21.2. The number of amides is 3. The van der Waals surface area contributed by atoms with Gasteiger partial charge in [0, 0.05) is 31.6 Å². The Morgan fingerprint density at radius 3 is 2.51 bits per heavy atom. The highest BCUT2D eigenvalue weighted by Gasteiger charge is 2.36. The number of piperidine rings is 1. The molecule has 3 heterocycles. The highest BCUT2D eigenvalue weighted by Crippen LogP contribution is 2.25. The van der Waals surface area contributed by atoms with Gasteiger partial charge in [-0.2, -0.15) is 0 Å². The SMILES string of the molecule is Cc1ccc2cc1OCC(=O)NCc1ccc(cc1)O[C@H]1CCN(C(=O)c3c(F)cccc3F)C[C@@H]1NC2=O. The number of nitrogens with one attached hydrogen (secondary N) is 2. The Balaban J connectivity index is 1.45. The van der Waals surface area contributed by atoms with Gasteiger partial charge in [-0.05, 0) is 54.4 Å². The van der Waals surface area contributed by atoms with E-state index >= 15 is 0 Å². The average Bonchev–Trinajstić information content (AvgIpc) is 2.92. The van der Waals surface area contributed by atoms with Gasteiger partial charge in [0.05, 0.1) is 6.04 Å². The molecule has 0 saturated carbocycles. The van der Waals surface area contributed by atoms with Crippen molar-refractivity contribution in [1.29, 1.82) is 0 Å². The molecule has 2 atom stereocenters. The van der Waals surface area contributed by atoms with Crippen molar-refractivity contribution >= 4 is 17.7 Å². The van der Waals surface area contributed by atoms with Gasteiger partial charge in [-0.25, -0.2) is 8.78 Å². The molecule has 0 aliphatic carbocycles. The lowest BCUT2D eigenvalue weighted by Gasteiger charge is -2.39. The summed E-state index contributed by atoms with van der Waals surface area (Å²) in [6.07, 6.45) is -0.210. The number of hydrogen-bond donors (Lipinski definition) is 2. The van der Waals surface area contributed by atoms with Gasteiger partial charge in [0.1, 0.15) is 34.8 Å². The van der Waals surface area contributed by atoms with Gasteiger partial charge in [-0.15, -0.1) is 0 Å². The van der Waals surface area contributed by atoms with Crippen molar-refractivity contribution in [3.8, 4) is 11.5 Å². The molecule has 39 heavy (non-hydrogen) atoms. The predicted octanol–water partition coefficient (Wildman–Crippen LogP) is 3.37. The minimum Gasteiger partial charge on any atom is -0.488 e. The van der Waals surface area contributed by atoms with Crippen LogP contribution in [-0.2, 0) is 11.3 Å². The van der Waals surface area contributed by atoms with Gasteiger partial charge in [0.15, 0.2) is 6.61 Å². The van der Waals surface area contributed by atoms with Crippen LogP contribution in [0.25, 0.3) is 0 Å². The number of aryl methyl sites for hydroxylation is 1. The average molecular weight is 536 g/mol. The number of likely N-dealkylation sites (tertiary alicyclic amines) is 1. The molecule has 6 rings (SSSR count). The number of nitrogens with zero attached hydrogens (tertiary/aromatic N) is 1. The van der Waals surface area contributed by atoms with E-state index in [0.717, 1.165) is 23.3 Å². The lowest BCUT2D eigenvalue weighted by atomic mass is 9.99. The number of hydrogen-bond acceptors (Lipinski definition) is 5. The summed E-state index contributed by atoms with van der Waals surface area (Å²) in [5, 5.41) is 5.72. The van der Waals surface area contributed by atoms with E-state index in [1.54, 1.807) is 37.3 Å². The van der Waals surface area contributed by atoms with Crippen LogP contribution in [0.4, 0.5) is 8.78 Å². The van der Waals surface area contributed by atoms with E-state index in [-0.39, 0.29) is 31.2 Å². The number of fused-ring (bicyclic) bond motifs is 7. The van der Waals surface area contributed by atoms with Crippen LogP contribution >= 0.6 is 0 Å². The third-order valence-electron chi connectivity index (χ3n) is 6.84. The monoisotopic (exact) mass is 535 g/mol. The molecule has 3 aliphatic rings. The highest BCUT2D eigenvalue weighted by molar-refractivity contribution is 5.96. The molecule has 0 aromatic heterocycles. The number of carbonyl (C=O) groups is 3. The first kappa shape index (κ1) is 26.1. The van der Waals surface area contributed by atoms with Crippen molar-refractivity contribution in [2.75, 3.05) is 19.7 Å². The number of carbonyl (C=O) groups excluding carboxylic acids is 3. The Hall–Kier alpha value is -4.47. The minimum absolute atomic E-state index is 0.0191. The van der Waals surface area contributed by atoms with Crippen LogP contribution in [0.1, 0.15) is 38.3 Å². The van der Waals surface area contributed by atoms with Crippen molar-refractivity contribution < 1.29 is 32.6 Å². The van der Waals surface area contributed by atoms with Crippen molar-refractivity contribution in [2.45, 2.75) is 32.0 Å². The normalized spacial score (nSPS) is 19.6. The number of benzene rings is 3. The van der Waals surface area contributed by atoms with E-state index < -0.39 is 41.2 Å². The smallest absolute Gasteiger partial charge is 0.259 e.